The Morgan fingerprint density at radius 2 is 1.48 bits per heavy atom. The summed E-state index contributed by atoms with van der Waals surface area (Å²) in [5.74, 6) is 0.0801. The number of carbonyl (C=O) groups is 2. The zero-order valence-corrected chi connectivity index (χ0v) is 16.4. The highest BCUT2D eigenvalue weighted by Gasteiger charge is 2.19. The Kier molecular flexibility index (Phi) is 8.05. The van der Waals surface area contributed by atoms with Crippen molar-refractivity contribution in [3.63, 3.8) is 0 Å². The maximum Gasteiger partial charge on any atom is 0.344 e. The fraction of sp³-hybridized carbons (Fsp3) is 0.391. The lowest BCUT2D eigenvalue weighted by Crippen LogP contribution is -2.16. The van der Waals surface area contributed by atoms with Crippen molar-refractivity contribution < 1.29 is 19.1 Å². The number of unbranched alkanes of at least 4 members (excludes halogenated alkanes) is 2. The van der Waals surface area contributed by atoms with Gasteiger partial charge in [-0.2, -0.15) is 0 Å². The van der Waals surface area contributed by atoms with Gasteiger partial charge in [0.15, 0.2) is 0 Å². The molecule has 0 unspecified atom stereocenters. The molecular formula is C23H28O4. The number of hydrogen-bond acceptors (Lipinski definition) is 4. The minimum atomic E-state index is -0.566. The van der Waals surface area contributed by atoms with E-state index in [0.717, 1.165) is 24.8 Å². The summed E-state index contributed by atoms with van der Waals surface area (Å²) in [7, 11) is 0. The molecule has 0 spiro atoms. The molecule has 2 aromatic rings. The first-order valence-electron chi connectivity index (χ1n) is 9.52. The molecule has 4 nitrogen and oxygen atoms in total. The first kappa shape index (κ1) is 20.7. The second kappa shape index (κ2) is 10.5. The van der Waals surface area contributed by atoms with Gasteiger partial charge >= 0.3 is 11.9 Å². The van der Waals surface area contributed by atoms with E-state index < -0.39 is 11.9 Å². The van der Waals surface area contributed by atoms with Crippen molar-refractivity contribution in [3.8, 4) is 5.75 Å². The maximum absolute atomic E-state index is 12.5. The molecule has 0 radical (unpaired) electrons. The Hall–Kier alpha value is -2.62. The number of carbonyl (C=O) groups excluding carboxylic acids is 2. The molecule has 0 heterocycles. The third-order valence-electron chi connectivity index (χ3n) is 4.26. The van der Waals surface area contributed by atoms with Gasteiger partial charge in [-0.25, -0.2) is 9.59 Å². The Morgan fingerprint density at radius 3 is 2.11 bits per heavy atom. The van der Waals surface area contributed by atoms with Crippen molar-refractivity contribution in [1.82, 2.24) is 0 Å². The quantitative estimate of drug-likeness (QED) is 0.329. The molecular weight excluding hydrogens is 340 g/mol. The maximum atomic E-state index is 12.5. The predicted molar refractivity (Wildman–Crippen MR) is 106 cm³/mol. The fourth-order valence-corrected chi connectivity index (χ4v) is 2.68. The first-order valence-corrected chi connectivity index (χ1v) is 9.52. The van der Waals surface area contributed by atoms with Crippen LogP contribution in [-0.2, 0) is 4.74 Å². The van der Waals surface area contributed by atoms with E-state index in [1.54, 1.807) is 36.4 Å². The molecule has 144 valence electrons. The van der Waals surface area contributed by atoms with E-state index in [0.29, 0.717) is 18.3 Å². The zero-order chi connectivity index (χ0) is 19.6. The Labute approximate surface area is 161 Å². The molecule has 4 heteroatoms. The van der Waals surface area contributed by atoms with Crippen molar-refractivity contribution in [2.24, 2.45) is 5.92 Å². The van der Waals surface area contributed by atoms with E-state index in [-0.39, 0.29) is 11.1 Å². The molecule has 0 N–H and O–H groups in total. The van der Waals surface area contributed by atoms with Gasteiger partial charge in [0, 0.05) is 0 Å². The molecule has 2 aromatic carbocycles. The molecule has 0 aliphatic rings. The molecule has 0 bridgehead atoms. The zero-order valence-electron chi connectivity index (χ0n) is 16.4. The van der Waals surface area contributed by atoms with Gasteiger partial charge in [0.2, 0.25) is 0 Å². The normalized spacial score (nSPS) is 10.7. The van der Waals surface area contributed by atoms with Gasteiger partial charge in [-0.05, 0) is 43.5 Å². The molecule has 2 rings (SSSR count). The number of ether oxygens (including phenoxy) is 2. The fourth-order valence-electron chi connectivity index (χ4n) is 2.68. The van der Waals surface area contributed by atoms with Crippen molar-refractivity contribution in [2.45, 2.75) is 46.5 Å². The summed E-state index contributed by atoms with van der Waals surface area (Å²) in [6.45, 7) is 6.72. The summed E-state index contributed by atoms with van der Waals surface area (Å²) in [4.78, 5) is 24.9. The second-order valence-corrected chi connectivity index (χ2v) is 7.13. The monoisotopic (exact) mass is 368 g/mol. The van der Waals surface area contributed by atoms with Gasteiger partial charge < -0.3 is 9.47 Å². The number of aryl methyl sites for hydroxylation is 1. The van der Waals surface area contributed by atoms with Gasteiger partial charge in [-0.15, -0.1) is 0 Å². The summed E-state index contributed by atoms with van der Waals surface area (Å²) in [5.41, 5.74) is 1.52. The minimum absolute atomic E-state index is 0.211. The van der Waals surface area contributed by atoms with E-state index in [1.807, 2.05) is 19.1 Å². The predicted octanol–water partition coefficient (Wildman–Crippen LogP) is 5.59. The highest BCUT2D eigenvalue weighted by Crippen LogP contribution is 2.17. The highest BCUT2D eigenvalue weighted by atomic mass is 16.5. The van der Waals surface area contributed by atoms with Crippen LogP contribution in [0, 0.1) is 12.8 Å². The van der Waals surface area contributed by atoms with Gasteiger partial charge in [-0.1, -0.05) is 62.9 Å². The van der Waals surface area contributed by atoms with Crippen molar-refractivity contribution in [1.29, 1.82) is 0 Å². The third kappa shape index (κ3) is 6.89. The van der Waals surface area contributed by atoms with Gasteiger partial charge in [0.05, 0.1) is 17.7 Å². The molecule has 0 aliphatic carbocycles. The smallest absolute Gasteiger partial charge is 0.344 e. The van der Waals surface area contributed by atoms with E-state index in [4.69, 9.17) is 9.47 Å². The lowest BCUT2D eigenvalue weighted by Gasteiger charge is -2.10. The van der Waals surface area contributed by atoms with Crippen LogP contribution in [0.2, 0.25) is 0 Å². The molecule has 0 aromatic heterocycles. The van der Waals surface area contributed by atoms with Gasteiger partial charge in [0.1, 0.15) is 5.75 Å². The van der Waals surface area contributed by atoms with Crippen LogP contribution in [0.5, 0.6) is 5.75 Å². The minimum Gasteiger partial charge on any atom is -0.462 e. The number of esters is 2. The summed E-state index contributed by atoms with van der Waals surface area (Å²) >= 11 is 0. The Bertz CT molecular complexity index is 747. The van der Waals surface area contributed by atoms with Crippen LogP contribution < -0.4 is 4.74 Å². The van der Waals surface area contributed by atoms with Crippen LogP contribution in [-0.4, -0.2) is 18.5 Å². The SMILES string of the molecule is Cc1ccc(OC(=O)c2ccccc2C(=O)OCCCCCC(C)C)cc1. The van der Waals surface area contributed by atoms with Crippen LogP contribution in [0.25, 0.3) is 0 Å². The molecule has 0 saturated carbocycles. The van der Waals surface area contributed by atoms with Gasteiger partial charge in [-0.3, -0.25) is 0 Å². The molecule has 27 heavy (non-hydrogen) atoms. The summed E-state index contributed by atoms with van der Waals surface area (Å²) in [6, 6.07) is 13.8. The molecule has 0 amide bonds. The third-order valence-corrected chi connectivity index (χ3v) is 4.26. The lowest BCUT2D eigenvalue weighted by molar-refractivity contribution is 0.0489. The number of rotatable bonds is 9. The van der Waals surface area contributed by atoms with Crippen LogP contribution in [0.15, 0.2) is 48.5 Å². The largest absolute Gasteiger partial charge is 0.462 e. The van der Waals surface area contributed by atoms with Crippen molar-refractivity contribution in [2.75, 3.05) is 6.61 Å². The number of hydrogen-bond donors (Lipinski definition) is 0. The average Bonchev–Trinajstić information content (AvgIpc) is 2.66. The van der Waals surface area contributed by atoms with Crippen LogP contribution >= 0.6 is 0 Å². The summed E-state index contributed by atoms with van der Waals surface area (Å²) in [5, 5.41) is 0. The highest BCUT2D eigenvalue weighted by molar-refractivity contribution is 6.03. The van der Waals surface area contributed by atoms with Crippen molar-refractivity contribution >= 4 is 11.9 Å². The molecule has 0 atom stereocenters. The summed E-state index contributed by atoms with van der Waals surface area (Å²) < 4.78 is 10.7. The van der Waals surface area contributed by atoms with Crippen LogP contribution in [0.4, 0.5) is 0 Å². The lowest BCUT2D eigenvalue weighted by atomic mass is 10.1. The Morgan fingerprint density at radius 1 is 0.852 bits per heavy atom. The van der Waals surface area contributed by atoms with Crippen molar-refractivity contribution in [3.05, 3.63) is 65.2 Å². The molecule has 0 aliphatic heterocycles. The average molecular weight is 368 g/mol. The second-order valence-electron chi connectivity index (χ2n) is 7.13. The molecule has 0 saturated heterocycles. The summed E-state index contributed by atoms with van der Waals surface area (Å²) in [6.07, 6.45) is 4.17. The van der Waals surface area contributed by atoms with Gasteiger partial charge in [0.25, 0.3) is 0 Å². The standard InChI is InChI=1S/C23H28O4/c1-17(2)9-5-4-8-16-26-22(24)20-10-6-7-11-21(20)23(25)27-19-14-12-18(3)13-15-19/h6-7,10-15,17H,4-5,8-9,16H2,1-3H3. The Balaban J connectivity index is 1.92. The topological polar surface area (TPSA) is 52.6 Å². The van der Waals surface area contributed by atoms with Crippen LogP contribution in [0.1, 0.15) is 65.8 Å². The van der Waals surface area contributed by atoms with E-state index >= 15 is 0 Å². The van der Waals surface area contributed by atoms with Crippen LogP contribution in [0.3, 0.4) is 0 Å². The number of benzene rings is 2. The first-order chi connectivity index (χ1) is 13.0. The van der Waals surface area contributed by atoms with E-state index in [1.165, 1.54) is 6.42 Å². The van der Waals surface area contributed by atoms with E-state index in [9.17, 15) is 9.59 Å². The molecule has 0 fully saturated rings. The van der Waals surface area contributed by atoms with E-state index in [2.05, 4.69) is 13.8 Å².